The van der Waals surface area contributed by atoms with Crippen LogP contribution in [0.2, 0.25) is 0 Å². The number of aromatic carboxylic acids is 1. The molecule has 0 N–H and O–H groups in total. The number of carbonyl (C=O) groups is 1. The van der Waals surface area contributed by atoms with Gasteiger partial charge < -0.3 is 9.90 Å². The molecule has 0 saturated carbocycles. The molecule has 0 heterocycles. The van der Waals surface area contributed by atoms with Crippen molar-refractivity contribution in [3.05, 3.63) is 35.1 Å². The van der Waals surface area contributed by atoms with Gasteiger partial charge in [0.15, 0.2) is 0 Å². The molecule has 64 valence electrons. The Kier molecular flexibility index (Phi) is 5.16. The Bertz CT molecular complexity index is 318. The molecule has 0 atom stereocenters. The average Bonchev–Trinajstić information content (AvgIpc) is 1.82. The number of rotatable bonds is 1. The van der Waals surface area contributed by atoms with Gasteiger partial charge in [0.2, 0.25) is 0 Å². The van der Waals surface area contributed by atoms with Gasteiger partial charge in [0.1, 0.15) is 17.5 Å². The fraction of sp³-hybridized carbons (Fsp3) is 0. The molecule has 0 spiro atoms. The number of halogens is 3. The van der Waals surface area contributed by atoms with Crippen LogP contribution in [0.5, 0.6) is 0 Å². The molecule has 0 aliphatic rings. The van der Waals surface area contributed by atoms with Gasteiger partial charge >= 0.3 is 51.4 Å². The molecular weight excluding hydrogens is 212 g/mol. The standard InChI is InChI=1S/C7H3F3O2.K/c8-3-1-4(9)6(7(11)12)5(10)2-3;/h1-2H,(H,11,12);/q;+1/p-1. The van der Waals surface area contributed by atoms with E-state index in [4.69, 9.17) is 0 Å². The molecule has 0 aliphatic heterocycles. The third-order valence-corrected chi connectivity index (χ3v) is 1.21. The van der Waals surface area contributed by atoms with E-state index in [0.717, 1.165) is 0 Å². The van der Waals surface area contributed by atoms with Gasteiger partial charge in [0.25, 0.3) is 0 Å². The van der Waals surface area contributed by atoms with Crippen LogP contribution in [0.15, 0.2) is 12.1 Å². The average molecular weight is 214 g/mol. The molecule has 13 heavy (non-hydrogen) atoms. The van der Waals surface area contributed by atoms with Crippen molar-refractivity contribution in [3.63, 3.8) is 0 Å². The minimum atomic E-state index is -2.01. The molecule has 0 saturated heterocycles. The summed E-state index contributed by atoms with van der Waals surface area (Å²) in [5.74, 6) is -6.14. The molecule has 0 fully saturated rings. The number of benzene rings is 1. The van der Waals surface area contributed by atoms with Crippen LogP contribution >= 0.6 is 0 Å². The van der Waals surface area contributed by atoms with E-state index < -0.39 is 29.0 Å². The summed E-state index contributed by atoms with van der Waals surface area (Å²) in [6.45, 7) is 0. The first-order valence-electron chi connectivity index (χ1n) is 2.88. The van der Waals surface area contributed by atoms with Crippen molar-refractivity contribution in [2.75, 3.05) is 0 Å². The summed E-state index contributed by atoms with van der Waals surface area (Å²) in [4.78, 5) is 10.0. The zero-order chi connectivity index (χ0) is 9.30. The van der Waals surface area contributed by atoms with E-state index in [1.165, 1.54) is 0 Å². The zero-order valence-electron chi connectivity index (χ0n) is 6.61. The number of hydrogen-bond donors (Lipinski definition) is 0. The van der Waals surface area contributed by atoms with Crippen LogP contribution in [0.25, 0.3) is 0 Å². The van der Waals surface area contributed by atoms with Gasteiger partial charge in [-0.05, 0) is 0 Å². The summed E-state index contributed by atoms with van der Waals surface area (Å²) in [6, 6.07) is 0.544. The van der Waals surface area contributed by atoms with Gasteiger partial charge in [0, 0.05) is 12.1 Å². The normalized spacial score (nSPS) is 9.15. The topological polar surface area (TPSA) is 40.1 Å². The monoisotopic (exact) mass is 214 g/mol. The first-order valence-corrected chi connectivity index (χ1v) is 2.88. The van der Waals surface area contributed by atoms with Crippen molar-refractivity contribution in [2.45, 2.75) is 0 Å². The maximum atomic E-state index is 12.5. The Labute approximate surface area is 114 Å². The van der Waals surface area contributed by atoms with E-state index in [2.05, 4.69) is 0 Å². The van der Waals surface area contributed by atoms with Crippen LogP contribution < -0.4 is 56.5 Å². The van der Waals surface area contributed by atoms with Crippen LogP contribution in [0, 0.1) is 17.5 Å². The second-order valence-electron chi connectivity index (χ2n) is 2.03. The Hall–Kier alpha value is 0.116. The minimum absolute atomic E-state index is 0. The van der Waals surface area contributed by atoms with Gasteiger partial charge in [0.05, 0.1) is 11.5 Å². The van der Waals surface area contributed by atoms with Gasteiger partial charge in [-0.1, -0.05) is 0 Å². The minimum Gasteiger partial charge on any atom is -0.545 e. The van der Waals surface area contributed by atoms with Crippen molar-refractivity contribution in [1.29, 1.82) is 0 Å². The van der Waals surface area contributed by atoms with Crippen molar-refractivity contribution < 1.29 is 74.5 Å². The first kappa shape index (κ1) is 13.1. The molecule has 1 aromatic rings. The quantitative estimate of drug-likeness (QED) is 0.484. The largest absolute Gasteiger partial charge is 1.00 e. The third kappa shape index (κ3) is 3.06. The Morgan fingerprint density at radius 1 is 1.15 bits per heavy atom. The number of hydrogen-bond acceptors (Lipinski definition) is 2. The summed E-state index contributed by atoms with van der Waals surface area (Å²) in [6.07, 6.45) is 0. The second kappa shape index (κ2) is 5.11. The maximum absolute atomic E-state index is 12.5. The predicted molar refractivity (Wildman–Crippen MR) is 30.6 cm³/mol. The molecule has 6 heteroatoms. The molecule has 0 radical (unpaired) electrons. The fourth-order valence-corrected chi connectivity index (χ4v) is 0.737. The van der Waals surface area contributed by atoms with Crippen LogP contribution in [0.3, 0.4) is 0 Å². The predicted octanol–water partition coefficient (Wildman–Crippen LogP) is -2.53. The molecule has 0 aromatic heterocycles. The van der Waals surface area contributed by atoms with Gasteiger partial charge in [-0.3, -0.25) is 0 Å². The van der Waals surface area contributed by atoms with Crippen LogP contribution in [0.1, 0.15) is 10.4 Å². The molecule has 1 rings (SSSR count). The van der Waals surface area contributed by atoms with Crippen molar-refractivity contribution in [1.82, 2.24) is 0 Å². The molecule has 0 aliphatic carbocycles. The Balaban J connectivity index is 0.00000144. The van der Waals surface area contributed by atoms with Crippen LogP contribution in [-0.4, -0.2) is 5.97 Å². The van der Waals surface area contributed by atoms with Crippen molar-refractivity contribution in [3.8, 4) is 0 Å². The second-order valence-corrected chi connectivity index (χ2v) is 2.03. The molecule has 0 amide bonds. The number of carboxylic acid groups (broad SMARTS) is 1. The maximum Gasteiger partial charge on any atom is 1.00 e. The summed E-state index contributed by atoms with van der Waals surface area (Å²) >= 11 is 0. The molecule has 2 nitrogen and oxygen atoms in total. The van der Waals surface area contributed by atoms with E-state index in [1.54, 1.807) is 0 Å². The Morgan fingerprint density at radius 2 is 1.54 bits per heavy atom. The summed E-state index contributed by atoms with van der Waals surface area (Å²) < 4.78 is 37.1. The smallest absolute Gasteiger partial charge is 0.545 e. The van der Waals surface area contributed by atoms with Crippen molar-refractivity contribution >= 4 is 5.97 Å². The summed E-state index contributed by atoms with van der Waals surface area (Å²) in [7, 11) is 0. The molecule has 1 aromatic carbocycles. The summed E-state index contributed by atoms with van der Waals surface area (Å²) in [5.41, 5.74) is -1.25. The van der Waals surface area contributed by atoms with Gasteiger partial charge in [-0.2, -0.15) is 0 Å². The SMILES string of the molecule is O=C([O-])c1c(F)cc(F)cc1F.[K+]. The van der Waals surface area contributed by atoms with E-state index in [-0.39, 0.29) is 63.5 Å². The summed E-state index contributed by atoms with van der Waals surface area (Å²) in [5, 5.41) is 10.0. The zero-order valence-corrected chi connectivity index (χ0v) is 9.73. The number of carbonyl (C=O) groups excluding carboxylic acids is 1. The molecular formula is C7H2F3KO2. The van der Waals surface area contributed by atoms with E-state index >= 15 is 0 Å². The fourth-order valence-electron chi connectivity index (χ4n) is 0.737. The third-order valence-electron chi connectivity index (χ3n) is 1.21. The van der Waals surface area contributed by atoms with Gasteiger partial charge in [-0.25, -0.2) is 13.2 Å². The first-order chi connectivity index (χ1) is 5.52. The molecule has 0 bridgehead atoms. The Morgan fingerprint density at radius 3 is 1.85 bits per heavy atom. The van der Waals surface area contributed by atoms with Gasteiger partial charge in [-0.15, -0.1) is 0 Å². The van der Waals surface area contributed by atoms with E-state index in [0.29, 0.717) is 0 Å². The van der Waals surface area contributed by atoms with Crippen LogP contribution in [0.4, 0.5) is 13.2 Å². The van der Waals surface area contributed by atoms with Crippen molar-refractivity contribution in [2.24, 2.45) is 0 Å². The van der Waals surface area contributed by atoms with E-state index in [9.17, 15) is 23.1 Å². The van der Waals surface area contributed by atoms with E-state index in [1.807, 2.05) is 0 Å². The van der Waals surface area contributed by atoms with Crippen LogP contribution in [-0.2, 0) is 0 Å². The molecule has 0 unspecified atom stereocenters. The number of carboxylic acids is 1.